The summed E-state index contributed by atoms with van der Waals surface area (Å²) in [5.74, 6) is -0.259. The van der Waals surface area contributed by atoms with Crippen LogP contribution >= 0.6 is 23.2 Å². The van der Waals surface area contributed by atoms with E-state index in [1.165, 1.54) is 0 Å². The maximum atomic E-state index is 11.7. The Morgan fingerprint density at radius 3 is 2.29 bits per heavy atom. The first-order chi connectivity index (χ1) is 11.5. The highest BCUT2D eigenvalue weighted by Crippen LogP contribution is 2.16. The van der Waals surface area contributed by atoms with Crippen molar-refractivity contribution >= 4 is 35.0 Å². The monoisotopic (exact) mass is 366 g/mol. The molecule has 2 aromatic rings. The van der Waals surface area contributed by atoms with Gasteiger partial charge < -0.3 is 4.74 Å². The van der Waals surface area contributed by atoms with E-state index in [0.717, 1.165) is 5.56 Å². The van der Waals surface area contributed by atoms with Crippen molar-refractivity contribution in [2.24, 2.45) is 0 Å². The molecule has 2 rings (SSSR count). The van der Waals surface area contributed by atoms with Crippen LogP contribution in [-0.2, 0) is 16.0 Å². The van der Waals surface area contributed by atoms with Crippen LogP contribution in [0.3, 0.4) is 0 Å². The number of hydrogen-bond donors (Lipinski definition) is 2. The van der Waals surface area contributed by atoms with Crippen LogP contribution in [0, 0.1) is 0 Å². The minimum Gasteiger partial charge on any atom is -0.484 e. The summed E-state index contributed by atoms with van der Waals surface area (Å²) < 4.78 is 5.26. The Kier molecular flexibility index (Phi) is 6.90. The lowest BCUT2D eigenvalue weighted by molar-refractivity contribution is -0.130. The maximum absolute atomic E-state index is 11.7. The van der Waals surface area contributed by atoms with Gasteiger partial charge in [-0.15, -0.1) is 0 Å². The zero-order valence-electron chi connectivity index (χ0n) is 12.7. The van der Waals surface area contributed by atoms with Gasteiger partial charge in [0.25, 0.3) is 5.91 Å². The SMILES string of the molecule is O=C(CCc1ccccc1Cl)NNC(=O)COc1ccc(Cl)cc1. The van der Waals surface area contributed by atoms with Crippen LogP contribution in [0.15, 0.2) is 48.5 Å². The highest BCUT2D eigenvalue weighted by Gasteiger charge is 2.07. The maximum Gasteiger partial charge on any atom is 0.276 e. The molecule has 0 heterocycles. The summed E-state index contributed by atoms with van der Waals surface area (Å²) >= 11 is 11.8. The Balaban J connectivity index is 1.66. The number of amides is 2. The average molecular weight is 367 g/mol. The highest BCUT2D eigenvalue weighted by atomic mass is 35.5. The van der Waals surface area contributed by atoms with Crippen LogP contribution in [0.1, 0.15) is 12.0 Å². The van der Waals surface area contributed by atoms with Gasteiger partial charge in [0.05, 0.1) is 0 Å². The number of halogens is 2. The number of nitrogens with one attached hydrogen (secondary N) is 2. The summed E-state index contributed by atoms with van der Waals surface area (Å²) in [5.41, 5.74) is 5.51. The molecule has 2 N–H and O–H groups in total. The first kappa shape index (κ1) is 18.1. The van der Waals surface area contributed by atoms with E-state index in [1.807, 2.05) is 18.2 Å². The Morgan fingerprint density at radius 2 is 1.58 bits per heavy atom. The second-order valence-corrected chi connectivity index (χ2v) is 5.77. The second kappa shape index (κ2) is 9.15. The van der Waals surface area contributed by atoms with Crippen molar-refractivity contribution in [3.63, 3.8) is 0 Å². The fraction of sp³-hybridized carbons (Fsp3) is 0.176. The van der Waals surface area contributed by atoms with Crippen LogP contribution in [0.2, 0.25) is 10.0 Å². The van der Waals surface area contributed by atoms with Crippen molar-refractivity contribution < 1.29 is 14.3 Å². The van der Waals surface area contributed by atoms with Crippen LogP contribution in [-0.4, -0.2) is 18.4 Å². The van der Waals surface area contributed by atoms with Gasteiger partial charge in [-0.2, -0.15) is 0 Å². The summed E-state index contributed by atoms with van der Waals surface area (Å²) in [6, 6.07) is 13.9. The predicted octanol–water partition coefficient (Wildman–Crippen LogP) is 3.15. The molecule has 2 aromatic carbocycles. The Bertz CT molecular complexity index is 705. The molecular formula is C17H16Cl2N2O3. The van der Waals surface area contributed by atoms with Gasteiger partial charge in [0.15, 0.2) is 6.61 Å². The van der Waals surface area contributed by atoms with E-state index in [1.54, 1.807) is 30.3 Å². The van der Waals surface area contributed by atoms with Crippen molar-refractivity contribution in [1.29, 1.82) is 0 Å². The van der Waals surface area contributed by atoms with Crippen molar-refractivity contribution in [2.75, 3.05) is 6.61 Å². The summed E-state index contributed by atoms with van der Waals surface area (Å²) in [6.45, 7) is -0.216. The number of hydrazine groups is 1. The van der Waals surface area contributed by atoms with Gasteiger partial charge in [-0.3, -0.25) is 20.4 Å². The summed E-state index contributed by atoms with van der Waals surface area (Å²) in [4.78, 5) is 23.3. The van der Waals surface area contributed by atoms with Crippen LogP contribution in [0.5, 0.6) is 5.75 Å². The van der Waals surface area contributed by atoms with E-state index in [9.17, 15) is 9.59 Å². The van der Waals surface area contributed by atoms with Gasteiger partial charge in [-0.1, -0.05) is 41.4 Å². The van der Waals surface area contributed by atoms with Gasteiger partial charge >= 0.3 is 0 Å². The lowest BCUT2D eigenvalue weighted by atomic mass is 10.1. The average Bonchev–Trinajstić information content (AvgIpc) is 2.58. The molecule has 0 saturated heterocycles. The third-order valence-corrected chi connectivity index (χ3v) is 3.72. The summed E-state index contributed by atoms with van der Waals surface area (Å²) in [5, 5.41) is 1.20. The molecule has 0 saturated carbocycles. The molecule has 0 fully saturated rings. The van der Waals surface area contributed by atoms with Crippen molar-refractivity contribution in [3.05, 3.63) is 64.1 Å². The molecule has 126 valence electrons. The van der Waals surface area contributed by atoms with Gasteiger partial charge in [0, 0.05) is 16.5 Å². The minimum absolute atomic E-state index is 0.210. The molecule has 0 unspecified atom stereocenters. The fourth-order valence-corrected chi connectivity index (χ4v) is 2.22. The Labute approximate surface area is 149 Å². The zero-order chi connectivity index (χ0) is 17.4. The van der Waals surface area contributed by atoms with Crippen molar-refractivity contribution in [3.8, 4) is 5.75 Å². The first-order valence-electron chi connectivity index (χ1n) is 7.24. The second-order valence-electron chi connectivity index (χ2n) is 4.93. The number of carbonyl (C=O) groups is 2. The van der Waals surface area contributed by atoms with Crippen LogP contribution in [0.4, 0.5) is 0 Å². The number of aryl methyl sites for hydroxylation is 1. The quantitative estimate of drug-likeness (QED) is 0.771. The van der Waals surface area contributed by atoms with Gasteiger partial charge in [0.1, 0.15) is 5.75 Å². The Hall–Kier alpha value is -2.24. The molecule has 0 aliphatic rings. The molecule has 0 aliphatic heterocycles. The van der Waals surface area contributed by atoms with Crippen LogP contribution in [0.25, 0.3) is 0 Å². The Morgan fingerprint density at radius 1 is 0.917 bits per heavy atom. The molecular weight excluding hydrogens is 351 g/mol. The molecule has 5 nitrogen and oxygen atoms in total. The lowest BCUT2D eigenvalue weighted by Crippen LogP contribution is -2.43. The molecule has 0 bridgehead atoms. The van der Waals surface area contributed by atoms with Crippen LogP contribution < -0.4 is 15.6 Å². The van der Waals surface area contributed by atoms with E-state index in [0.29, 0.717) is 22.2 Å². The molecule has 0 atom stereocenters. The molecule has 0 aliphatic carbocycles. The summed E-state index contributed by atoms with van der Waals surface area (Å²) in [7, 11) is 0. The lowest BCUT2D eigenvalue weighted by Gasteiger charge is -2.09. The van der Waals surface area contributed by atoms with E-state index in [-0.39, 0.29) is 18.9 Å². The van der Waals surface area contributed by atoms with Crippen molar-refractivity contribution in [1.82, 2.24) is 10.9 Å². The fourth-order valence-electron chi connectivity index (χ4n) is 1.87. The highest BCUT2D eigenvalue weighted by molar-refractivity contribution is 6.31. The molecule has 2 amide bonds. The normalized spacial score (nSPS) is 10.1. The number of benzene rings is 2. The van der Waals surface area contributed by atoms with Gasteiger partial charge in [-0.05, 0) is 42.3 Å². The topological polar surface area (TPSA) is 67.4 Å². The van der Waals surface area contributed by atoms with E-state index >= 15 is 0 Å². The van der Waals surface area contributed by atoms with Gasteiger partial charge in [-0.25, -0.2) is 0 Å². The number of carbonyl (C=O) groups excluding carboxylic acids is 2. The smallest absolute Gasteiger partial charge is 0.276 e. The van der Waals surface area contributed by atoms with E-state index < -0.39 is 5.91 Å². The molecule has 0 aromatic heterocycles. The summed E-state index contributed by atoms with van der Waals surface area (Å²) in [6.07, 6.45) is 0.699. The standard InChI is InChI=1S/C17H16Cl2N2O3/c18-13-6-8-14(9-7-13)24-11-17(23)21-20-16(22)10-5-12-3-1-2-4-15(12)19/h1-4,6-9H,5,10-11H2,(H,20,22)(H,21,23). The number of hydrogen-bond acceptors (Lipinski definition) is 3. The zero-order valence-corrected chi connectivity index (χ0v) is 14.2. The molecule has 7 heteroatoms. The van der Waals surface area contributed by atoms with E-state index in [4.69, 9.17) is 27.9 Å². The molecule has 0 spiro atoms. The largest absolute Gasteiger partial charge is 0.484 e. The van der Waals surface area contributed by atoms with Crippen molar-refractivity contribution in [2.45, 2.75) is 12.8 Å². The molecule has 24 heavy (non-hydrogen) atoms. The van der Waals surface area contributed by atoms with Gasteiger partial charge in [0.2, 0.25) is 5.91 Å². The van der Waals surface area contributed by atoms with E-state index in [2.05, 4.69) is 10.9 Å². The number of rotatable bonds is 6. The first-order valence-corrected chi connectivity index (χ1v) is 7.99. The molecule has 0 radical (unpaired) electrons. The predicted molar refractivity (Wildman–Crippen MR) is 93.0 cm³/mol. The minimum atomic E-state index is -0.462. The number of ether oxygens (including phenoxy) is 1. The third-order valence-electron chi connectivity index (χ3n) is 3.10. The third kappa shape index (κ3) is 6.10.